The molecule has 0 radical (unpaired) electrons. The van der Waals surface area contributed by atoms with Crippen LogP contribution in [0.3, 0.4) is 0 Å². The molecule has 1 fully saturated rings. The van der Waals surface area contributed by atoms with Crippen LogP contribution in [-0.2, 0) is 20.1 Å². The Balaban J connectivity index is 1.39. The van der Waals surface area contributed by atoms with Crippen molar-refractivity contribution in [1.82, 2.24) is 19.8 Å². The summed E-state index contributed by atoms with van der Waals surface area (Å²) in [5, 5.41) is 4.99. The smallest absolute Gasteiger partial charge is 0.252 e. The van der Waals surface area contributed by atoms with E-state index >= 15 is 0 Å². The molecule has 0 bridgehead atoms. The number of nitrogens with one attached hydrogen (secondary N) is 1. The van der Waals surface area contributed by atoms with Crippen molar-refractivity contribution in [2.75, 3.05) is 19.6 Å². The van der Waals surface area contributed by atoms with Gasteiger partial charge in [0.25, 0.3) is 5.91 Å². The molecule has 0 atom stereocenters. The van der Waals surface area contributed by atoms with E-state index in [0.717, 1.165) is 73.9 Å². The summed E-state index contributed by atoms with van der Waals surface area (Å²) in [7, 11) is 2.03. The highest BCUT2D eigenvalue weighted by Crippen LogP contribution is 2.33. The number of rotatable bonds is 6. The second kappa shape index (κ2) is 11.9. The summed E-state index contributed by atoms with van der Waals surface area (Å²) >= 11 is 3.61. The third-order valence-electron chi connectivity index (χ3n) is 7.73. The molecule has 1 saturated heterocycles. The topological polar surface area (TPSA) is 76.2 Å². The van der Waals surface area contributed by atoms with Gasteiger partial charge in [0.05, 0.1) is 23.3 Å². The zero-order valence-corrected chi connectivity index (χ0v) is 24.7. The molecule has 1 amide bonds. The van der Waals surface area contributed by atoms with Crippen molar-refractivity contribution < 1.29 is 4.79 Å². The molecule has 5 aromatic rings. The van der Waals surface area contributed by atoms with Gasteiger partial charge < -0.3 is 15.6 Å². The molecule has 1 aliphatic heterocycles. The van der Waals surface area contributed by atoms with Crippen LogP contribution in [0.15, 0.2) is 77.4 Å². The summed E-state index contributed by atoms with van der Waals surface area (Å²) in [6.07, 6.45) is 4.56. The molecule has 3 heterocycles. The molecule has 41 heavy (non-hydrogen) atoms. The minimum atomic E-state index is -0.148. The lowest BCUT2D eigenvalue weighted by atomic mass is 10.0. The molecule has 3 N–H and O–H groups in total. The number of aromatic nitrogens is 2. The summed E-state index contributed by atoms with van der Waals surface area (Å²) in [6, 6.07) is 22.1. The average Bonchev–Trinajstić information content (AvgIpc) is 3.63. The van der Waals surface area contributed by atoms with E-state index in [2.05, 4.69) is 60.9 Å². The van der Waals surface area contributed by atoms with Crippen molar-refractivity contribution in [3.8, 4) is 23.1 Å². The average molecular weight is 607 g/mol. The Hall–Kier alpha value is -3.96. The van der Waals surface area contributed by atoms with Crippen LogP contribution >= 0.6 is 15.9 Å². The number of amides is 1. The van der Waals surface area contributed by atoms with Crippen molar-refractivity contribution in [3.05, 3.63) is 99.7 Å². The third-order valence-corrected chi connectivity index (χ3v) is 8.22. The highest BCUT2D eigenvalue weighted by atomic mass is 79.9. The molecule has 206 valence electrons. The van der Waals surface area contributed by atoms with E-state index in [0.29, 0.717) is 18.7 Å². The summed E-state index contributed by atoms with van der Waals surface area (Å²) in [6.45, 7) is 3.90. The maximum atomic E-state index is 13.7. The molecular weight excluding hydrogens is 574 g/mol. The lowest BCUT2D eigenvalue weighted by Crippen LogP contribution is -2.23. The van der Waals surface area contributed by atoms with Crippen LogP contribution in [-0.4, -0.2) is 40.0 Å². The zero-order valence-electron chi connectivity index (χ0n) is 23.1. The van der Waals surface area contributed by atoms with Crippen LogP contribution in [0, 0.1) is 11.8 Å². The Kier molecular flexibility index (Phi) is 7.89. The maximum Gasteiger partial charge on any atom is 0.252 e. The summed E-state index contributed by atoms with van der Waals surface area (Å²) in [5.74, 6) is 6.48. The van der Waals surface area contributed by atoms with Gasteiger partial charge in [-0.2, -0.15) is 0 Å². The molecule has 3 aromatic carbocycles. The van der Waals surface area contributed by atoms with Gasteiger partial charge in [0.1, 0.15) is 0 Å². The molecular formula is C34H32BrN5O. The Morgan fingerprint density at radius 1 is 1.00 bits per heavy atom. The minimum absolute atomic E-state index is 0.148. The SMILES string of the molecule is Cn1cc(-c2cc(C(=O)NCc3ccc(CN)cc3)c3cc(C#CCN4CCCC4)ccc3n2)c2cc(Br)ccc21. The normalized spacial score (nSPS) is 13.4. The number of hydrogen-bond donors (Lipinski definition) is 2. The molecule has 7 heteroatoms. The zero-order chi connectivity index (χ0) is 28.3. The number of fused-ring (bicyclic) bond motifs is 2. The fourth-order valence-corrected chi connectivity index (χ4v) is 5.82. The lowest BCUT2D eigenvalue weighted by molar-refractivity contribution is 0.0952. The number of nitrogens with zero attached hydrogens (tertiary/aromatic N) is 3. The Morgan fingerprint density at radius 2 is 1.78 bits per heavy atom. The third kappa shape index (κ3) is 5.91. The number of nitrogens with two attached hydrogens (primary N) is 1. The Morgan fingerprint density at radius 3 is 2.56 bits per heavy atom. The van der Waals surface area contributed by atoms with Gasteiger partial charge in [-0.25, -0.2) is 4.98 Å². The quantitative estimate of drug-likeness (QED) is 0.233. The predicted octanol–water partition coefficient (Wildman–Crippen LogP) is 5.99. The molecule has 0 unspecified atom stereocenters. The number of pyridine rings is 1. The number of carbonyl (C=O) groups is 1. The Bertz CT molecular complexity index is 1810. The predicted molar refractivity (Wildman–Crippen MR) is 169 cm³/mol. The van der Waals surface area contributed by atoms with Crippen LogP contribution in [0.1, 0.15) is 39.9 Å². The molecule has 1 aliphatic rings. The first kappa shape index (κ1) is 27.2. The van der Waals surface area contributed by atoms with Crippen molar-refractivity contribution in [3.63, 3.8) is 0 Å². The Labute approximate surface area is 248 Å². The number of aryl methyl sites for hydroxylation is 1. The highest BCUT2D eigenvalue weighted by Gasteiger charge is 2.18. The van der Waals surface area contributed by atoms with Crippen molar-refractivity contribution >= 4 is 43.6 Å². The van der Waals surface area contributed by atoms with Crippen LogP contribution in [0.2, 0.25) is 0 Å². The van der Waals surface area contributed by atoms with Crippen LogP contribution in [0.25, 0.3) is 33.1 Å². The van der Waals surface area contributed by atoms with E-state index < -0.39 is 0 Å². The molecule has 0 aliphatic carbocycles. The van der Waals surface area contributed by atoms with E-state index in [9.17, 15) is 4.79 Å². The van der Waals surface area contributed by atoms with Gasteiger partial charge in [-0.3, -0.25) is 9.69 Å². The molecule has 0 saturated carbocycles. The van der Waals surface area contributed by atoms with Crippen LogP contribution in [0.5, 0.6) is 0 Å². The number of halogens is 1. The highest BCUT2D eigenvalue weighted by molar-refractivity contribution is 9.10. The van der Waals surface area contributed by atoms with Crippen molar-refractivity contribution in [1.29, 1.82) is 0 Å². The molecule has 2 aromatic heterocycles. The maximum absolute atomic E-state index is 13.7. The van der Waals surface area contributed by atoms with Crippen molar-refractivity contribution in [2.45, 2.75) is 25.9 Å². The minimum Gasteiger partial charge on any atom is -0.350 e. The number of carbonyl (C=O) groups excluding carboxylic acids is 1. The van der Waals surface area contributed by atoms with E-state index in [-0.39, 0.29) is 5.91 Å². The van der Waals surface area contributed by atoms with Gasteiger partial charge in [-0.05, 0) is 79.5 Å². The number of benzene rings is 3. The van der Waals surface area contributed by atoms with Gasteiger partial charge >= 0.3 is 0 Å². The first-order valence-corrected chi connectivity index (χ1v) is 14.7. The van der Waals surface area contributed by atoms with Gasteiger partial charge in [0.2, 0.25) is 0 Å². The van der Waals surface area contributed by atoms with Gasteiger partial charge in [-0.15, -0.1) is 0 Å². The van der Waals surface area contributed by atoms with Gasteiger partial charge in [0, 0.05) is 58.2 Å². The van der Waals surface area contributed by atoms with Crippen LogP contribution in [0.4, 0.5) is 0 Å². The summed E-state index contributed by atoms with van der Waals surface area (Å²) in [5.41, 5.74) is 12.9. The van der Waals surface area contributed by atoms with E-state index in [1.807, 2.05) is 61.6 Å². The van der Waals surface area contributed by atoms with Crippen LogP contribution < -0.4 is 11.1 Å². The number of likely N-dealkylation sites (tertiary alicyclic amines) is 1. The largest absolute Gasteiger partial charge is 0.350 e. The standard InChI is InChI=1S/C34H32BrN5O/c1-39-22-30(28-18-26(35)11-13-33(28)39)32-19-29(34(41)37-21-25-8-6-24(20-36)7-9-25)27-17-23(10-12-31(27)38-32)5-4-16-40-14-2-3-15-40/h6-13,17-19,22H,2-3,14-16,20-21,36H2,1H3,(H,37,41). The monoisotopic (exact) mass is 605 g/mol. The molecule has 6 nitrogen and oxygen atoms in total. The molecule has 6 rings (SSSR count). The van der Waals surface area contributed by atoms with Crippen molar-refractivity contribution in [2.24, 2.45) is 12.8 Å². The number of hydrogen-bond acceptors (Lipinski definition) is 4. The second-order valence-electron chi connectivity index (χ2n) is 10.6. The lowest BCUT2D eigenvalue weighted by Gasteiger charge is -2.12. The first-order chi connectivity index (χ1) is 20.0. The fourth-order valence-electron chi connectivity index (χ4n) is 5.46. The van der Waals surface area contributed by atoms with E-state index in [4.69, 9.17) is 10.7 Å². The second-order valence-corrected chi connectivity index (χ2v) is 11.5. The van der Waals surface area contributed by atoms with Gasteiger partial charge in [-0.1, -0.05) is 52.0 Å². The molecule has 0 spiro atoms. The summed E-state index contributed by atoms with van der Waals surface area (Å²) < 4.78 is 3.08. The fraction of sp³-hybridized carbons (Fsp3) is 0.235. The van der Waals surface area contributed by atoms with E-state index in [1.165, 1.54) is 12.8 Å². The van der Waals surface area contributed by atoms with Gasteiger partial charge in [0.15, 0.2) is 0 Å². The first-order valence-electron chi connectivity index (χ1n) is 14.0. The summed E-state index contributed by atoms with van der Waals surface area (Å²) in [4.78, 5) is 21.2. The van der Waals surface area contributed by atoms with E-state index in [1.54, 1.807) is 0 Å².